The Morgan fingerprint density at radius 3 is 3.06 bits per heavy atom. The molecule has 1 unspecified atom stereocenters. The number of hydrogen-bond acceptors (Lipinski definition) is 2. The number of aryl methyl sites for hydroxylation is 1. The van der Waals surface area contributed by atoms with Gasteiger partial charge in [0.25, 0.3) is 0 Å². The maximum absolute atomic E-state index is 10.2. The Morgan fingerprint density at radius 2 is 2.24 bits per heavy atom. The quantitative estimate of drug-likeness (QED) is 0.775. The highest BCUT2D eigenvalue weighted by Crippen LogP contribution is 2.35. The summed E-state index contributed by atoms with van der Waals surface area (Å²) in [6, 6.07) is 6.45. The van der Waals surface area contributed by atoms with E-state index in [2.05, 4.69) is 29.6 Å². The first-order chi connectivity index (χ1) is 8.36. The molecule has 0 bridgehead atoms. The monoisotopic (exact) mass is 229 g/mol. The molecule has 0 amide bonds. The first kappa shape index (κ1) is 11.0. The average Bonchev–Trinajstić information content (AvgIpc) is 2.39. The molecule has 1 aromatic carbocycles. The van der Waals surface area contributed by atoms with Gasteiger partial charge in [0.1, 0.15) is 0 Å². The lowest BCUT2D eigenvalue weighted by atomic mass is 9.83. The zero-order valence-corrected chi connectivity index (χ0v) is 10.1. The first-order valence-electron chi connectivity index (χ1n) is 6.56. The standard InChI is InChI=1S/C15H19NO/c17-14-8-2-5-11-4-1-7-13(15(11)14)12-6-3-9-16-10-12/h1,4,6-7,14,16-17H,2-3,5,8-10H2. The van der Waals surface area contributed by atoms with Crippen LogP contribution in [0.2, 0.25) is 0 Å². The predicted octanol–water partition coefficient (Wildman–Crippen LogP) is 2.43. The molecule has 0 fully saturated rings. The van der Waals surface area contributed by atoms with E-state index in [1.807, 2.05) is 0 Å². The van der Waals surface area contributed by atoms with Gasteiger partial charge in [-0.2, -0.15) is 0 Å². The van der Waals surface area contributed by atoms with Gasteiger partial charge in [-0.05, 0) is 54.5 Å². The van der Waals surface area contributed by atoms with Crippen molar-refractivity contribution in [3.05, 3.63) is 41.0 Å². The van der Waals surface area contributed by atoms with Crippen molar-refractivity contribution in [2.75, 3.05) is 13.1 Å². The van der Waals surface area contributed by atoms with Crippen LogP contribution in [0.15, 0.2) is 24.3 Å². The van der Waals surface area contributed by atoms with E-state index in [4.69, 9.17) is 0 Å². The molecule has 0 aromatic heterocycles. The van der Waals surface area contributed by atoms with Crippen LogP contribution in [0, 0.1) is 0 Å². The predicted molar refractivity (Wildman–Crippen MR) is 69.8 cm³/mol. The summed E-state index contributed by atoms with van der Waals surface area (Å²) in [5.41, 5.74) is 5.15. The molecule has 2 heteroatoms. The molecule has 2 nitrogen and oxygen atoms in total. The van der Waals surface area contributed by atoms with E-state index < -0.39 is 0 Å². The smallest absolute Gasteiger partial charge is 0.0798 e. The van der Waals surface area contributed by atoms with E-state index in [1.165, 1.54) is 22.3 Å². The van der Waals surface area contributed by atoms with E-state index in [0.29, 0.717) is 0 Å². The molecule has 1 aliphatic heterocycles. The topological polar surface area (TPSA) is 32.3 Å². The van der Waals surface area contributed by atoms with E-state index >= 15 is 0 Å². The van der Waals surface area contributed by atoms with Gasteiger partial charge in [-0.1, -0.05) is 24.3 Å². The molecule has 1 atom stereocenters. The third kappa shape index (κ3) is 2.03. The molecule has 0 radical (unpaired) electrons. The fraction of sp³-hybridized carbons (Fsp3) is 0.467. The fourth-order valence-corrected chi connectivity index (χ4v) is 2.98. The van der Waals surface area contributed by atoms with Crippen molar-refractivity contribution in [1.82, 2.24) is 5.32 Å². The van der Waals surface area contributed by atoms with Crippen molar-refractivity contribution in [2.24, 2.45) is 0 Å². The van der Waals surface area contributed by atoms with Gasteiger partial charge >= 0.3 is 0 Å². The third-order valence-electron chi connectivity index (χ3n) is 3.83. The largest absolute Gasteiger partial charge is 0.388 e. The third-order valence-corrected chi connectivity index (χ3v) is 3.83. The van der Waals surface area contributed by atoms with Gasteiger partial charge in [0.15, 0.2) is 0 Å². The Labute approximate surface area is 102 Å². The fourth-order valence-electron chi connectivity index (χ4n) is 2.98. The Hall–Kier alpha value is -1.12. The number of rotatable bonds is 1. The molecule has 17 heavy (non-hydrogen) atoms. The van der Waals surface area contributed by atoms with Crippen molar-refractivity contribution in [2.45, 2.75) is 31.8 Å². The summed E-state index contributed by atoms with van der Waals surface area (Å²) >= 11 is 0. The number of fused-ring (bicyclic) bond motifs is 1. The molecule has 0 spiro atoms. The lowest BCUT2D eigenvalue weighted by Crippen LogP contribution is -2.23. The van der Waals surface area contributed by atoms with E-state index in [0.717, 1.165) is 38.8 Å². The maximum Gasteiger partial charge on any atom is 0.0798 e. The minimum Gasteiger partial charge on any atom is -0.388 e. The molecule has 2 aliphatic rings. The molecule has 1 aliphatic carbocycles. The van der Waals surface area contributed by atoms with Crippen LogP contribution in [-0.4, -0.2) is 18.2 Å². The second kappa shape index (κ2) is 4.63. The molecule has 0 saturated carbocycles. The SMILES string of the molecule is OC1CCCc2cccc(C3=CCCNC3)c21. The molecule has 1 heterocycles. The van der Waals surface area contributed by atoms with E-state index in [9.17, 15) is 5.11 Å². The van der Waals surface area contributed by atoms with Gasteiger partial charge in [-0.25, -0.2) is 0 Å². The summed E-state index contributed by atoms with van der Waals surface area (Å²) in [5, 5.41) is 13.6. The molecule has 0 saturated heterocycles. The highest BCUT2D eigenvalue weighted by Gasteiger charge is 2.22. The van der Waals surface area contributed by atoms with Gasteiger partial charge in [0.2, 0.25) is 0 Å². The van der Waals surface area contributed by atoms with Crippen LogP contribution in [0.5, 0.6) is 0 Å². The van der Waals surface area contributed by atoms with Crippen LogP contribution in [0.4, 0.5) is 0 Å². The highest BCUT2D eigenvalue weighted by atomic mass is 16.3. The van der Waals surface area contributed by atoms with Crippen molar-refractivity contribution < 1.29 is 5.11 Å². The van der Waals surface area contributed by atoms with Crippen LogP contribution < -0.4 is 5.32 Å². The molecule has 2 N–H and O–H groups in total. The van der Waals surface area contributed by atoms with Gasteiger partial charge in [-0.15, -0.1) is 0 Å². The number of hydrogen-bond donors (Lipinski definition) is 2. The van der Waals surface area contributed by atoms with Gasteiger partial charge in [-0.3, -0.25) is 0 Å². The maximum atomic E-state index is 10.2. The second-order valence-corrected chi connectivity index (χ2v) is 4.98. The van der Waals surface area contributed by atoms with Crippen molar-refractivity contribution in [1.29, 1.82) is 0 Å². The number of aliphatic hydroxyl groups excluding tert-OH is 1. The summed E-state index contributed by atoms with van der Waals surface area (Å²) in [4.78, 5) is 0. The van der Waals surface area contributed by atoms with E-state index in [-0.39, 0.29) is 6.10 Å². The van der Waals surface area contributed by atoms with E-state index in [1.54, 1.807) is 0 Å². The van der Waals surface area contributed by atoms with Crippen molar-refractivity contribution >= 4 is 5.57 Å². The zero-order valence-electron chi connectivity index (χ0n) is 10.1. The average molecular weight is 229 g/mol. The van der Waals surface area contributed by atoms with Crippen LogP contribution >= 0.6 is 0 Å². The van der Waals surface area contributed by atoms with Gasteiger partial charge in [0.05, 0.1) is 6.10 Å². The van der Waals surface area contributed by atoms with Gasteiger partial charge < -0.3 is 10.4 Å². The summed E-state index contributed by atoms with van der Waals surface area (Å²) in [5.74, 6) is 0. The molecule has 90 valence electrons. The normalized spacial score (nSPS) is 24.1. The Balaban J connectivity index is 2.07. The summed E-state index contributed by atoms with van der Waals surface area (Å²) < 4.78 is 0. The summed E-state index contributed by atoms with van der Waals surface area (Å²) in [7, 11) is 0. The lowest BCUT2D eigenvalue weighted by Gasteiger charge is -2.26. The van der Waals surface area contributed by atoms with Crippen LogP contribution in [0.3, 0.4) is 0 Å². The highest BCUT2D eigenvalue weighted by molar-refractivity contribution is 5.71. The minimum absolute atomic E-state index is 0.266. The zero-order chi connectivity index (χ0) is 11.7. The van der Waals surface area contributed by atoms with Crippen molar-refractivity contribution in [3.8, 4) is 0 Å². The Bertz CT molecular complexity index is 450. The van der Waals surface area contributed by atoms with Crippen LogP contribution in [0.25, 0.3) is 5.57 Å². The summed E-state index contributed by atoms with van der Waals surface area (Å²) in [6.45, 7) is 2.00. The van der Waals surface area contributed by atoms with Gasteiger partial charge in [0, 0.05) is 6.54 Å². The second-order valence-electron chi connectivity index (χ2n) is 4.98. The van der Waals surface area contributed by atoms with Crippen molar-refractivity contribution in [3.63, 3.8) is 0 Å². The number of benzene rings is 1. The number of nitrogens with one attached hydrogen (secondary N) is 1. The Kier molecular flexibility index (Phi) is 3.00. The molecule has 1 aromatic rings. The van der Waals surface area contributed by atoms with Crippen LogP contribution in [-0.2, 0) is 6.42 Å². The minimum atomic E-state index is -0.266. The molecular weight excluding hydrogens is 210 g/mol. The molecular formula is C15H19NO. The first-order valence-corrected chi connectivity index (χ1v) is 6.56. The summed E-state index contributed by atoms with van der Waals surface area (Å²) in [6.07, 6.45) is 6.26. The lowest BCUT2D eigenvalue weighted by molar-refractivity contribution is 0.156. The Morgan fingerprint density at radius 1 is 1.29 bits per heavy atom. The number of aliphatic hydroxyl groups is 1. The van der Waals surface area contributed by atoms with Crippen LogP contribution in [0.1, 0.15) is 42.1 Å². The molecule has 3 rings (SSSR count).